The van der Waals surface area contributed by atoms with Gasteiger partial charge in [-0.15, -0.1) is 0 Å². The van der Waals surface area contributed by atoms with Gasteiger partial charge in [-0.1, -0.05) is 12.8 Å². The summed E-state index contributed by atoms with van der Waals surface area (Å²) in [6, 6.07) is 0. The van der Waals surface area contributed by atoms with Gasteiger partial charge in [-0.05, 0) is 40.5 Å². The summed E-state index contributed by atoms with van der Waals surface area (Å²) in [6.45, 7) is 9.94. The third-order valence-corrected chi connectivity index (χ3v) is 5.02. The maximum absolute atomic E-state index is 12.9. The van der Waals surface area contributed by atoms with E-state index in [4.69, 9.17) is 0 Å². The number of carbonyl (C=O) groups excluding carboxylic acids is 1. The molecule has 0 bridgehead atoms. The van der Waals surface area contributed by atoms with Crippen LogP contribution in [0.15, 0.2) is 11.0 Å². The van der Waals surface area contributed by atoms with Gasteiger partial charge in [-0.2, -0.15) is 5.10 Å². The van der Waals surface area contributed by atoms with Gasteiger partial charge in [0.05, 0.1) is 11.7 Å². The molecule has 3 rings (SSSR count). The number of hydrogen-bond acceptors (Lipinski definition) is 4. The van der Waals surface area contributed by atoms with Crippen molar-refractivity contribution >= 4 is 16.9 Å². The first-order valence-electron chi connectivity index (χ1n) is 9.52. The molecule has 1 amide bonds. The van der Waals surface area contributed by atoms with Crippen LogP contribution in [0.2, 0.25) is 0 Å². The molecule has 0 spiro atoms. The van der Waals surface area contributed by atoms with Gasteiger partial charge >= 0.3 is 0 Å². The van der Waals surface area contributed by atoms with Gasteiger partial charge in [-0.25, -0.2) is 9.67 Å². The molecule has 1 saturated heterocycles. The van der Waals surface area contributed by atoms with E-state index in [1.54, 1.807) is 15.4 Å². The van der Waals surface area contributed by atoms with Crippen LogP contribution in [-0.2, 0) is 16.9 Å². The molecule has 0 unspecified atom stereocenters. The Morgan fingerprint density at radius 1 is 1.15 bits per heavy atom. The second kappa shape index (κ2) is 7.21. The largest absolute Gasteiger partial charge is 0.343 e. The minimum Gasteiger partial charge on any atom is -0.343 e. The molecule has 142 valence electrons. The molecule has 0 aliphatic carbocycles. The summed E-state index contributed by atoms with van der Waals surface area (Å²) in [5.41, 5.74) is 0.240. The van der Waals surface area contributed by atoms with Gasteiger partial charge in [0.25, 0.3) is 5.56 Å². The molecular formula is C19H29N5O2. The Balaban J connectivity index is 1.82. The van der Waals surface area contributed by atoms with Crippen molar-refractivity contribution in [2.24, 2.45) is 0 Å². The lowest BCUT2D eigenvalue weighted by Gasteiger charge is -2.21. The third-order valence-electron chi connectivity index (χ3n) is 5.02. The fourth-order valence-corrected chi connectivity index (χ4v) is 3.55. The van der Waals surface area contributed by atoms with Crippen LogP contribution in [-0.4, -0.2) is 43.2 Å². The normalized spacial score (nSPS) is 16.1. The minimum absolute atomic E-state index is 0.119. The van der Waals surface area contributed by atoms with Crippen molar-refractivity contribution in [3.8, 4) is 0 Å². The van der Waals surface area contributed by atoms with Gasteiger partial charge < -0.3 is 4.90 Å². The molecule has 0 radical (unpaired) electrons. The van der Waals surface area contributed by atoms with Crippen LogP contribution in [0.5, 0.6) is 0 Å². The maximum atomic E-state index is 12.9. The zero-order valence-electron chi connectivity index (χ0n) is 16.3. The zero-order chi connectivity index (χ0) is 18.9. The maximum Gasteiger partial charge on any atom is 0.264 e. The van der Waals surface area contributed by atoms with E-state index in [0.717, 1.165) is 25.9 Å². The number of rotatable bonds is 3. The van der Waals surface area contributed by atoms with Gasteiger partial charge in [0.15, 0.2) is 5.65 Å². The molecular weight excluding hydrogens is 330 g/mol. The highest BCUT2D eigenvalue weighted by Crippen LogP contribution is 2.18. The van der Waals surface area contributed by atoms with Crippen molar-refractivity contribution in [2.75, 3.05) is 13.1 Å². The molecule has 7 nitrogen and oxygen atoms in total. The van der Waals surface area contributed by atoms with Crippen LogP contribution in [0, 0.1) is 6.92 Å². The van der Waals surface area contributed by atoms with Gasteiger partial charge in [-0.3, -0.25) is 14.2 Å². The highest BCUT2D eigenvalue weighted by Gasteiger charge is 2.21. The van der Waals surface area contributed by atoms with Crippen molar-refractivity contribution in [1.29, 1.82) is 0 Å². The Bertz CT molecular complexity index is 851. The first-order chi connectivity index (χ1) is 12.3. The Labute approximate surface area is 154 Å². The lowest BCUT2D eigenvalue weighted by molar-refractivity contribution is -0.131. The molecule has 0 saturated carbocycles. The van der Waals surface area contributed by atoms with Crippen LogP contribution >= 0.6 is 0 Å². The van der Waals surface area contributed by atoms with Crippen LogP contribution in [0.1, 0.15) is 58.7 Å². The monoisotopic (exact) mass is 359 g/mol. The number of aromatic nitrogens is 4. The highest BCUT2D eigenvalue weighted by molar-refractivity contribution is 5.76. The summed E-state index contributed by atoms with van der Waals surface area (Å²) in [7, 11) is 0. The third kappa shape index (κ3) is 3.66. The second-order valence-electron chi connectivity index (χ2n) is 8.13. The Morgan fingerprint density at radius 2 is 1.81 bits per heavy atom. The van der Waals surface area contributed by atoms with Crippen molar-refractivity contribution in [1.82, 2.24) is 24.2 Å². The summed E-state index contributed by atoms with van der Waals surface area (Å²) in [6.07, 6.45) is 6.46. The van der Waals surface area contributed by atoms with E-state index in [9.17, 15) is 9.59 Å². The molecule has 1 fully saturated rings. The van der Waals surface area contributed by atoms with E-state index >= 15 is 0 Å². The summed E-state index contributed by atoms with van der Waals surface area (Å²) < 4.78 is 3.39. The van der Waals surface area contributed by atoms with Crippen LogP contribution in [0.4, 0.5) is 0 Å². The summed E-state index contributed by atoms with van der Waals surface area (Å²) in [5.74, 6) is 0.751. The smallest absolute Gasteiger partial charge is 0.264 e. The average Bonchev–Trinajstić information content (AvgIpc) is 2.81. The Kier molecular flexibility index (Phi) is 5.16. The molecule has 7 heteroatoms. The standard InChI is InChI=1S/C19H29N5O2/c1-14-21-17-15(13-20-24(17)19(2,3)4)18(26)23(14)12-9-16(25)22-10-7-5-6-8-11-22/h13H,5-12H2,1-4H3. The molecule has 26 heavy (non-hydrogen) atoms. The number of amides is 1. The van der Waals surface area contributed by atoms with Crippen LogP contribution < -0.4 is 5.56 Å². The number of fused-ring (bicyclic) bond motifs is 1. The summed E-state index contributed by atoms with van der Waals surface area (Å²) in [4.78, 5) is 31.9. The summed E-state index contributed by atoms with van der Waals surface area (Å²) >= 11 is 0. The summed E-state index contributed by atoms with van der Waals surface area (Å²) in [5, 5.41) is 4.86. The van der Waals surface area contributed by atoms with E-state index < -0.39 is 0 Å². The number of hydrogen-bond donors (Lipinski definition) is 0. The molecule has 2 aromatic heterocycles. The van der Waals surface area contributed by atoms with E-state index in [-0.39, 0.29) is 17.0 Å². The molecule has 1 aliphatic heterocycles. The second-order valence-corrected chi connectivity index (χ2v) is 8.13. The fraction of sp³-hybridized carbons (Fsp3) is 0.684. The van der Waals surface area contributed by atoms with Gasteiger partial charge in [0, 0.05) is 26.1 Å². The van der Waals surface area contributed by atoms with Crippen LogP contribution in [0.3, 0.4) is 0 Å². The number of likely N-dealkylation sites (tertiary alicyclic amines) is 1. The molecule has 0 N–H and O–H groups in total. The van der Waals surface area contributed by atoms with Crippen molar-refractivity contribution in [2.45, 2.75) is 71.9 Å². The first kappa shape index (κ1) is 18.6. The predicted octanol–water partition coefficient (Wildman–Crippen LogP) is 2.45. The number of carbonyl (C=O) groups is 1. The number of nitrogens with zero attached hydrogens (tertiary/aromatic N) is 5. The van der Waals surface area contributed by atoms with Crippen molar-refractivity contribution in [3.63, 3.8) is 0 Å². The van der Waals surface area contributed by atoms with E-state index in [1.165, 1.54) is 12.8 Å². The number of aryl methyl sites for hydroxylation is 1. The lowest BCUT2D eigenvalue weighted by atomic mass is 10.1. The molecule has 1 aliphatic rings. The molecule has 2 aromatic rings. The van der Waals surface area contributed by atoms with E-state index in [0.29, 0.717) is 29.8 Å². The van der Waals surface area contributed by atoms with Crippen molar-refractivity contribution in [3.05, 3.63) is 22.4 Å². The van der Waals surface area contributed by atoms with Gasteiger partial charge in [0.1, 0.15) is 11.2 Å². The van der Waals surface area contributed by atoms with Crippen LogP contribution in [0.25, 0.3) is 11.0 Å². The lowest BCUT2D eigenvalue weighted by Crippen LogP contribution is -2.34. The molecule has 3 heterocycles. The zero-order valence-corrected chi connectivity index (χ0v) is 16.3. The Hall–Kier alpha value is -2.18. The van der Waals surface area contributed by atoms with E-state index in [1.807, 2.05) is 32.6 Å². The van der Waals surface area contributed by atoms with Gasteiger partial charge in [0.2, 0.25) is 5.91 Å². The SMILES string of the molecule is Cc1nc2c(cnn2C(C)(C)C)c(=O)n1CCC(=O)N1CCCCCC1. The Morgan fingerprint density at radius 3 is 2.42 bits per heavy atom. The predicted molar refractivity (Wildman–Crippen MR) is 101 cm³/mol. The quantitative estimate of drug-likeness (QED) is 0.844. The van der Waals surface area contributed by atoms with E-state index in [2.05, 4.69) is 10.1 Å². The fourth-order valence-electron chi connectivity index (χ4n) is 3.55. The first-order valence-corrected chi connectivity index (χ1v) is 9.52. The topological polar surface area (TPSA) is 73.0 Å². The minimum atomic E-state index is -0.247. The average molecular weight is 359 g/mol. The molecule has 0 atom stereocenters. The molecule has 0 aromatic carbocycles. The highest BCUT2D eigenvalue weighted by atomic mass is 16.2. The van der Waals surface area contributed by atoms with Crippen molar-refractivity contribution < 1.29 is 4.79 Å².